The van der Waals surface area contributed by atoms with E-state index in [0.717, 1.165) is 18.4 Å². The summed E-state index contributed by atoms with van der Waals surface area (Å²) in [6.07, 6.45) is 1.96. The lowest BCUT2D eigenvalue weighted by Gasteiger charge is -1.97. The maximum atomic E-state index is 11.1. The Labute approximate surface area is 90.3 Å². The number of ether oxygens (including phenoxy) is 1. The second kappa shape index (κ2) is 5.87. The smallest absolute Gasteiger partial charge is 0.337 e. The molecule has 1 aromatic carbocycles. The molecule has 0 N–H and O–H groups in total. The Morgan fingerprint density at radius 1 is 1.33 bits per heavy atom. The van der Waals surface area contributed by atoms with Crippen LogP contribution in [0.2, 0.25) is 0 Å². The second-order valence-electron chi connectivity index (χ2n) is 3.12. The highest BCUT2D eigenvalue weighted by atomic mass is 16.5. The average molecular weight is 202 g/mol. The zero-order valence-corrected chi connectivity index (χ0v) is 9.04. The predicted molar refractivity (Wildman–Crippen MR) is 59.6 cm³/mol. The molecule has 0 aliphatic carbocycles. The van der Waals surface area contributed by atoms with Crippen molar-refractivity contribution in [2.45, 2.75) is 19.8 Å². The summed E-state index contributed by atoms with van der Waals surface area (Å²) in [5.41, 5.74) is 1.48. The summed E-state index contributed by atoms with van der Waals surface area (Å²) in [5, 5.41) is 0. The first-order valence-corrected chi connectivity index (χ1v) is 4.95. The number of unbranched alkanes of at least 4 members (excludes halogenated alkanes) is 1. The zero-order valence-electron chi connectivity index (χ0n) is 9.04. The van der Waals surface area contributed by atoms with Crippen LogP contribution >= 0.6 is 0 Å². The molecule has 1 rings (SSSR count). The zero-order chi connectivity index (χ0) is 11.1. The number of esters is 1. The monoisotopic (exact) mass is 202 g/mol. The van der Waals surface area contributed by atoms with Crippen molar-refractivity contribution < 1.29 is 9.53 Å². The molecule has 0 saturated carbocycles. The highest BCUT2D eigenvalue weighted by molar-refractivity contribution is 5.89. The summed E-state index contributed by atoms with van der Waals surface area (Å²) in [7, 11) is 1.37. The summed E-state index contributed by atoms with van der Waals surface area (Å²) in [6, 6.07) is 7.10. The highest BCUT2D eigenvalue weighted by Gasteiger charge is 2.02. The molecule has 1 aromatic rings. The van der Waals surface area contributed by atoms with Crippen LogP contribution in [0.4, 0.5) is 0 Å². The van der Waals surface area contributed by atoms with E-state index in [1.165, 1.54) is 7.11 Å². The fourth-order valence-electron chi connectivity index (χ4n) is 1.10. The van der Waals surface area contributed by atoms with Gasteiger partial charge < -0.3 is 4.74 Å². The van der Waals surface area contributed by atoms with Gasteiger partial charge in [-0.3, -0.25) is 0 Å². The van der Waals surface area contributed by atoms with Gasteiger partial charge in [-0.2, -0.15) is 0 Å². The van der Waals surface area contributed by atoms with Crippen molar-refractivity contribution in [3.8, 4) is 11.8 Å². The van der Waals surface area contributed by atoms with Crippen LogP contribution in [-0.2, 0) is 4.74 Å². The van der Waals surface area contributed by atoms with Crippen molar-refractivity contribution in [2.24, 2.45) is 0 Å². The molecule has 0 saturated heterocycles. The largest absolute Gasteiger partial charge is 0.465 e. The number of hydrogen-bond acceptors (Lipinski definition) is 2. The molecule has 0 bridgehead atoms. The maximum Gasteiger partial charge on any atom is 0.337 e. The SMILES string of the molecule is CCCC#Cc1ccc(C(=O)OC)cc1. The minimum absolute atomic E-state index is 0.317. The molecule has 15 heavy (non-hydrogen) atoms. The number of rotatable bonds is 2. The van der Waals surface area contributed by atoms with E-state index >= 15 is 0 Å². The third-order valence-corrected chi connectivity index (χ3v) is 1.91. The van der Waals surface area contributed by atoms with Crippen molar-refractivity contribution in [3.63, 3.8) is 0 Å². The molecule has 0 unspecified atom stereocenters. The lowest BCUT2D eigenvalue weighted by atomic mass is 10.1. The van der Waals surface area contributed by atoms with Gasteiger partial charge in [-0.1, -0.05) is 18.8 Å². The van der Waals surface area contributed by atoms with Gasteiger partial charge in [0.25, 0.3) is 0 Å². The molecule has 0 fully saturated rings. The molecular weight excluding hydrogens is 188 g/mol. The molecule has 0 spiro atoms. The van der Waals surface area contributed by atoms with Gasteiger partial charge in [0, 0.05) is 12.0 Å². The van der Waals surface area contributed by atoms with Crippen LogP contribution in [0.15, 0.2) is 24.3 Å². The van der Waals surface area contributed by atoms with Gasteiger partial charge >= 0.3 is 5.97 Å². The Bertz CT molecular complexity index is 379. The number of carbonyl (C=O) groups excluding carboxylic acids is 1. The highest BCUT2D eigenvalue weighted by Crippen LogP contribution is 2.04. The molecule has 0 aromatic heterocycles. The van der Waals surface area contributed by atoms with Crippen molar-refractivity contribution >= 4 is 5.97 Å². The van der Waals surface area contributed by atoms with Gasteiger partial charge in [-0.15, -0.1) is 0 Å². The van der Waals surface area contributed by atoms with E-state index < -0.39 is 0 Å². The number of methoxy groups -OCH3 is 1. The molecule has 78 valence electrons. The van der Waals surface area contributed by atoms with Crippen LogP contribution in [0.5, 0.6) is 0 Å². The van der Waals surface area contributed by atoms with Crippen LogP contribution in [0.1, 0.15) is 35.7 Å². The maximum absolute atomic E-state index is 11.1. The van der Waals surface area contributed by atoms with E-state index in [4.69, 9.17) is 0 Å². The first-order valence-electron chi connectivity index (χ1n) is 4.95. The lowest BCUT2D eigenvalue weighted by Crippen LogP contribution is -2.00. The van der Waals surface area contributed by atoms with Crippen LogP contribution in [0, 0.1) is 11.8 Å². The number of benzene rings is 1. The topological polar surface area (TPSA) is 26.3 Å². The third kappa shape index (κ3) is 3.47. The Balaban J connectivity index is 2.73. The third-order valence-electron chi connectivity index (χ3n) is 1.91. The Hall–Kier alpha value is -1.75. The molecule has 0 aliphatic rings. The fourth-order valence-corrected chi connectivity index (χ4v) is 1.10. The number of carbonyl (C=O) groups is 1. The van der Waals surface area contributed by atoms with E-state index in [0.29, 0.717) is 5.56 Å². The van der Waals surface area contributed by atoms with E-state index in [9.17, 15) is 4.79 Å². The van der Waals surface area contributed by atoms with Gasteiger partial charge in [0.15, 0.2) is 0 Å². The number of hydrogen-bond donors (Lipinski definition) is 0. The molecular formula is C13H14O2. The molecule has 0 aliphatic heterocycles. The van der Waals surface area contributed by atoms with Crippen molar-refractivity contribution in [1.29, 1.82) is 0 Å². The van der Waals surface area contributed by atoms with Crippen LogP contribution in [0.25, 0.3) is 0 Å². The van der Waals surface area contributed by atoms with Gasteiger partial charge in [0.05, 0.1) is 12.7 Å². The molecule has 2 nitrogen and oxygen atoms in total. The molecule has 0 atom stereocenters. The minimum Gasteiger partial charge on any atom is -0.465 e. The first-order chi connectivity index (χ1) is 7.27. The molecule has 0 amide bonds. The normalized spacial score (nSPS) is 8.93. The van der Waals surface area contributed by atoms with Crippen LogP contribution in [-0.4, -0.2) is 13.1 Å². The summed E-state index contributed by atoms with van der Waals surface area (Å²) < 4.78 is 4.60. The van der Waals surface area contributed by atoms with Crippen molar-refractivity contribution in [3.05, 3.63) is 35.4 Å². The first kappa shape index (κ1) is 11.3. The Kier molecular flexibility index (Phi) is 4.43. The van der Waals surface area contributed by atoms with Crippen LogP contribution in [0.3, 0.4) is 0 Å². The lowest BCUT2D eigenvalue weighted by molar-refractivity contribution is 0.0601. The summed E-state index contributed by atoms with van der Waals surface area (Å²) in [5.74, 6) is 5.76. The quantitative estimate of drug-likeness (QED) is 0.544. The summed E-state index contributed by atoms with van der Waals surface area (Å²) in [6.45, 7) is 2.09. The van der Waals surface area contributed by atoms with E-state index in [1.54, 1.807) is 12.1 Å². The van der Waals surface area contributed by atoms with E-state index in [1.807, 2.05) is 12.1 Å². The molecule has 2 heteroatoms. The van der Waals surface area contributed by atoms with Crippen molar-refractivity contribution in [1.82, 2.24) is 0 Å². The Morgan fingerprint density at radius 3 is 2.53 bits per heavy atom. The van der Waals surface area contributed by atoms with E-state index in [-0.39, 0.29) is 5.97 Å². The van der Waals surface area contributed by atoms with Gasteiger partial charge in [-0.25, -0.2) is 4.79 Å². The Morgan fingerprint density at radius 2 is 2.00 bits per heavy atom. The predicted octanol–water partition coefficient (Wildman–Crippen LogP) is 2.62. The van der Waals surface area contributed by atoms with Crippen molar-refractivity contribution in [2.75, 3.05) is 7.11 Å². The minimum atomic E-state index is -0.317. The summed E-state index contributed by atoms with van der Waals surface area (Å²) in [4.78, 5) is 11.1. The van der Waals surface area contributed by atoms with Gasteiger partial charge in [0.2, 0.25) is 0 Å². The molecule has 0 radical (unpaired) electrons. The summed E-state index contributed by atoms with van der Waals surface area (Å²) >= 11 is 0. The van der Waals surface area contributed by atoms with Gasteiger partial charge in [-0.05, 0) is 30.7 Å². The standard InChI is InChI=1S/C13H14O2/c1-3-4-5-6-11-7-9-12(10-8-11)13(14)15-2/h7-10H,3-4H2,1-2H3. The van der Waals surface area contributed by atoms with Crippen LogP contribution < -0.4 is 0 Å². The second-order valence-corrected chi connectivity index (χ2v) is 3.12. The molecule has 0 heterocycles. The average Bonchev–Trinajstić information content (AvgIpc) is 2.29. The van der Waals surface area contributed by atoms with E-state index in [2.05, 4.69) is 23.5 Å². The fraction of sp³-hybridized carbons (Fsp3) is 0.308. The van der Waals surface area contributed by atoms with Gasteiger partial charge in [0.1, 0.15) is 0 Å².